The normalized spacial score (nSPS) is 15.6. The molecule has 0 aromatic heterocycles. The molecule has 1 aliphatic rings. The Hall–Kier alpha value is 1.01. The van der Waals surface area contributed by atoms with E-state index in [1.54, 1.807) is 16.9 Å². The molecule has 0 N–H and O–H groups in total. The van der Waals surface area contributed by atoms with Crippen molar-refractivity contribution in [3.8, 4) is 0 Å². The number of hydrogen-bond acceptors (Lipinski definition) is 0. The third kappa shape index (κ3) is 5.37. The summed E-state index contributed by atoms with van der Waals surface area (Å²) in [7, 11) is 0. The molecular weight excluding hydrogens is 450 g/mol. The molecule has 1 aliphatic carbocycles. The van der Waals surface area contributed by atoms with Crippen LogP contribution in [0.3, 0.4) is 0 Å². The van der Waals surface area contributed by atoms with Crippen LogP contribution in [0.4, 0.5) is 0 Å². The topological polar surface area (TPSA) is 0 Å². The minimum atomic E-state index is -2.07. The summed E-state index contributed by atoms with van der Waals surface area (Å²) in [6.45, 7) is 7.08. The molecule has 0 bridgehead atoms. The van der Waals surface area contributed by atoms with Crippen LogP contribution in [-0.4, -0.2) is 18.4 Å². The molecule has 0 heterocycles. The van der Waals surface area contributed by atoms with Gasteiger partial charge in [-0.25, -0.2) is 0 Å². The zero-order chi connectivity index (χ0) is 14.1. The fourth-order valence-corrected chi connectivity index (χ4v) is 24.1. The van der Waals surface area contributed by atoms with Crippen LogP contribution in [0.1, 0.15) is 65.7 Å². The zero-order valence-corrected chi connectivity index (χ0v) is 18.1. The van der Waals surface area contributed by atoms with Gasteiger partial charge in [0.15, 0.2) is 0 Å². The van der Waals surface area contributed by atoms with Crippen LogP contribution < -0.4 is 0 Å². The minimum absolute atomic E-state index is 1.24. The third-order valence-corrected chi connectivity index (χ3v) is 22.8. The van der Waals surface area contributed by atoms with Gasteiger partial charge < -0.3 is 0 Å². The second-order valence-corrected chi connectivity index (χ2v) is 20.4. The summed E-state index contributed by atoms with van der Waals surface area (Å²) in [5, 5.41) is 0. The van der Waals surface area contributed by atoms with Gasteiger partial charge in [0, 0.05) is 0 Å². The van der Waals surface area contributed by atoms with Crippen molar-refractivity contribution in [2.24, 2.45) is 0 Å². The van der Waals surface area contributed by atoms with E-state index in [1.165, 1.54) is 44.9 Å². The molecule has 0 saturated heterocycles. The van der Waals surface area contributed by atoms with E-state index in [9.17, 15) is 0 Å². The van der Waals surface area contributed by atoms with Crippen molar-refractivity contribution in [1.82, 2.24) is 0 Å². The van der Waals surface area contributed by atoms with Gasteiger partial charge in [0.1, 0.15) is 0 Å². The van der Waals surface area contributed by atoms with E-state index in [-0.39, 0.29) is 0 Å². The van der Waals surface area contributed by atoms with Crippen molar-refractivity contribution in [2.75, 3.05) is 0 Å². The molecule has 0 nitrogen and oxygen atoms in total. The van der Waals surface area contributed by atoms with E-state index >= 15 is 0 Å². The second kappa shape index (κ2) is 9.86. The summed E-state index contributed by atoms with van der Waals surface area (Å²) in [5.41, 5.74) is 0. The monoisotopic (exact) mass is 482 g/mol. The Morgan fingerprint density at radius 2 is 1.42 bits per heavy atom. The van der Waals surface area contributed by atoms with E-state index in [0.29, 0.717) is 0 Å². The summed E-state index contributed by atoms with van der Waals surface area (Å²) in [5.74, 6) is 0. The van der Waals surface area contributed by atoms with Crippen molar-refractivity contribution < 1.29 is 0 Å². The first kappa shape index (κ1) is 18.1. The van der Waals surface area contributed by atoms with Gasteiger partial charge in [-0.2, -0.15) is 0 Å². The summed E-state index contributed by atoms with van der Waals surface area (Å²) in [4.78, 5) is 0. The molecule has 2 heteroatoms. The maximum absolute atomic E-state index is 2.64. The first-order chi connectivity index (χ1) is 9.20. The molecule has 0 amide bonds. The van der Waals surface area contributed by atoms with E-state index in [0.717, 1.165) is 0 Å². The molecule has 1 rings (SSSR count). The van der Waals surface area contributed by atoms with Gasteiger partial charge in [-0.3, -0.25) is 0 Å². The predicted molar refractivity (Wildman–Crippen MR) is 99.7 cm³/mol. The molecule has 0 spiro atoms. The Bertz CT molecular complexity index is 295. The van der Waals surface area contributed by atoms with Crippen LogP contribution in [0.15, 0.2) is 19.3 Å². The first-order valence-corrected chi connectivity index (χ1v) is 16.8. The Balaban J connectivity index is 2.94. The Kier molecular flexibility index (Phi) is 9.37. The van der Waals surface area contributed by atoms with Crippen LogP contribution in [0.5, 0.6) is 0 Å². The molecule has 0 aliphatic heterocycles. The van der Waals surface area contributed by atoms with Crippen LogP contribution in [-0.2, 0) is 0 Å². The summed E-state index contributed by atoms with van der Waals surface area (Å²) in [6, 6.07) is 0. The summed E-state index contributed by atoms with van der Waals surface area (Å²) in [6.07, 6.45) is 14.8. The molecule has 0 radical (unpaired) electrons. The molecule has 0 saturated carbocycles. The maximum atomic E-state index is 2.64. The van der Waals surface area contributed by atoms with Crippen molar-refractivity contribution in [3.05, 3.63) is 19.3 Å². The average Bonchev–Trinajstić information content (AvgIpc) is 2.85. The van der Waals surface area contributed by atoms with E-state index in [1.807, 2.05) is 3.59 Å². The molecule has 0 fully saturated rings. The molecule has 110 valence electrons. The van der Waals surface area contributed by atoms with Gasteiger partial charge in [0.25, 0.3) is 0 Å². The number of hydrogen-bond donors (Lipinski definition) is 0. The van der Waals surface area contributed by atoms with Gasteiger partial charge >= 0.3 is 139 Å². The van der Waals surface area contributed by atoms with Gasteiger partial charge in [0.2, 0.25) is 0 Å². The van der Waals surface area contributed by atoms with Crippen LogP contribution >= 0.6 is 22.6 Å². The van der Waals surface area contributed by atoms with Crippen molar-refractivity contribution in [2.45, 2.75) is 79.0 Å². The SMILES string of the molecule is CCC[CH2][Sn]([CH2]CCC)([CH2]CCC)[C]1=C(I)CC=C1. The molecule has 0 atom stereocenters. The van der Waals surface area contributed by atoms with E-state index in [4.69, 9.17) is 0 Å². The van der Waals surface area contributed by atoms with Crippen molar-refractivity contribution in [1.29, 1.82) is 0 Å². The molecule has 19 heavy (non-hydrogen) atoms. The fraction of sp³-hybridized carbons (Fsp3) is 0.765. The van der Waals surface area contributed by atoms with Crippen molar-refractivity contribution >= 4 is 41.0 Å². The molecular formula is C17H31ISn. The molecule has 0 aromatic rings. The third-order valence-electron chi connectivity index (χ3n) is 4.47. The Labute approximate surface area is 138 Å². The van der Waals surface area contributed by atoms with Gasteiger partial charge in [-0.05, 0) is 0 Å². The number of rotatable bonds is 10. The quantitative estimate of drug-likeness (QED) is 0.233. The van der Waals surface area contributed by atoms with E-state index in [2.05, 4.69) is 55.5 Å². The molecule has 0 aromatic carbocycles. The first-order valence-electron chi connectivity index (χ1n) is 8.25. The number of halogens is 1. The zero-order valence-electron chi connectivity index (χ0n) is 13.1. The van der Waals surface area contributed by atoms with Gasteiger partial charge in [-0.1, -0.05) is 0 Å². The van der Waals surface area contributed by atoms with Gasteiger partial charge in [-0.15, -0.1) is 0 Å². The summed E-state index contributed by atoms with van der Waals surface area (Å²) < 4.78 is 8.44. The number of unbranched alkanes of at least 4 members (excludes halogenated alkanes) is 3. The van der Waals surface area contributed by atoms with Crippen LogP contribution in [0.25, 0.3) is 0 Å². The molecule has 0 unspecified atom stereocenters. The second-order valence-electron chi connectivity index (χ2n) is 6.02. The van der Waals surface area contributed by atoms with Crippen LogP contribution in [0.2, 0.25) is 13.3 Å². The Morgan fingerprint density at radius 3 is 1.74 bits per heavy atom. The van der Waals surface area contributed by atoms with Crippen molar-refractivity contribution in [3.63, 3.8) is 0 Å². The van der Waals surface area contributed by atoms with E-state index < -0.39 is 18.4 Å². The standard InChI is InChI=1S/C5H4I.3C4H9.Sn/c6-5-3-1-2-4-5;3*1-3-4-2;/h1-2H,3H2;3*1,3-4H2,2H3;. The Morgan fingerprint density at radius 1 is 0.947 bits per heavy atom. The summed E-state index contributed by atoms with van der Waals surface area (Å²) >= 11 is 0.573. The number of allylic oxidation sites excluding steroid dienone is 4. The van der Waals surface area contributed by atoms with Gasteiger partial charge in [0.05, 0.1) is 0 Å². The van der Waals surface area contributed by atoms with Crippen LogP contribution in [0, 0.1) is 0 Å². The average molecular weight is 481 g/mol. The predicted octanol–water partition coefficient (Wildman–Crippen LogP) is 7.02. The fourth-order valence-electron chi connectivity index (χ4n) is 3.27.